The molecule has 0 radical (unpaired) electrons. The lowest BCUT2D eigenvalue weighted by molar-refractivity contribution is 0.101. The summed E-state index contributed by atoms with van der Waals surface area (Å²) in [5.74, 6) is -0.160. The molecule has 0 bridgehead atoms. The lowest BCUT2D eigenvalue weighted by atomic mass is 10.1. The number of nitrogens with zero attached hydrogens (tertiary/aromatic N) is 4. The first-order valence-corrected chi connectivity index (χ1v) is 8.07. The van der Waals surface area contributed by atoms with Crippen LogP contribution in [-0.4, -0.2) is 39.0 Å². The maximum absolute atomic E-state index is 12.0. The Kier molecular flexibility index (Phi) is 3.55. The Morgan fingerprint density at radius 2 is 1.96 bits per heavy atom. The third kappa shape index (κ3) is 2.70. The SMILES string of the molecule is O=C(Nc1ccc(C2=CSC3=NCCN23)cc1)c1ncccn1. The molecule has 1 amide bonds. The molecule has 0 saturated carbocycles. The molecule has 2 aromatic rings. The average Bonchev–Trinajstić information content (AvgIpc) is 3.20. The fourth-order valence-electron chi connectivity index (χ4n) is 2.47. The van der Waals surface area contributed by atoms with Crippen LogP contribution in [0.25, 0.3) is 5.70 Å². The molecule has 6 nitrogen and oxygen atoms in total. The Morgan fingerprint density at radius 3 is 2.74 bits per heavy atom. The normalized spacial score (nSPS) is 15.9. The van der Waals surface area contributed by atoms with Crippen LogP contribution in [0.4, 0.5) is 5.69 Å². The van der Waals surface area contributed by atoms with Crippen LogP contribution in [0.5, 0.6) is 0 Å². The second-order valence-electron chi connectivity index (χ2n) is 5.04. The Labute approximate surface area is 137 Å². The lowest BCUT2D eigenvalue weighted by Gasteiger charge is -2.16. The van der Waals surface area contributed by atoms with Gasteiger partial charge in [-0.3, -0.25) is 9.79 Å². The molecule has 0 saturated heterocycles. The van der Waals surface area contributed by atoms with E-state index in [0.29, 0.717) is 5.69 Å². The molecule has 0 atom stereocenters. The predicted octanol–water partition coefficient (Wildman–Crippen LogP) is 2.45. The zero-order chi connectivity index (χ0) is 15.6. The molecule has 3 heterocycles. The summed E-state index contributed by atoms with van der Waals surface area (Å²) in [5.41, 5.74) is 2.99. The highest BCUT2D eigenvalue weighted by Gasteiger charge is 2.26. The molecule has 1 N–H and O–H groups in total. The number of rotatable bonds is 3. The van der Waals surface area contributed by atoms with Gasteiger partial charge in [0.2, 0.25) is 5.82 Å². The fourth-order valence-corrected chi connectivity index (χ4v) is 3.44. The molecule has 2 aliphatic rings. The average molecular weight is 323 g/mol. The molecular formula is C16H13N5OS. The van der Waals surface area contributed by atoms with Gasteiger partial charge in [0, 0.05) is 30.0 Å². The predicted molar refractivity (Wildman–Crippen MR) is 91.0 cm³/mol. The van der Waals surface area contributed by atoms with E-state index in [0.717, 1.165) is 29.5 Å². The largest absolute Gasteiger partial charge is 0.319 e. The minimum absolute atomic E-state index is 0.157. The highest BCUT2D eigenvalue weighted by atomic mass is 32.2. The molecule has 114 valence electrons. The summed E-state index contributed by atoms with van der Waals surface area (Å²) in [6, 6.07) is 9.43. The molecule has 7 heteroatoms. The number of carbonyl (C=O) groups excluding carboxylic acids is 1. The van der Waals surface area contributed by atoms with Gasteiger partial charge in [-0.05, 0) is 23.8 Å². The number of fused-ring (bicyclic) bond motifs is 1. The van der Waals surface area contributed by atoms with Crippen molar-refractivity contribution in [3.8, 4) is 0 Å². The summed E-state index contributed by atoms with van der Waals surface area (Å²) in [5, 5.41) is 5.98. The minimum Gasteiger partial charge on any atom is -0.319 e. The Balaban J connectivity index is 1.48. The van der Waals surface area contributed by atoms with Crippen molar-refractivity contribution in [3.63, 3.8) is 0 Å². The van der Waals surface area contributed by atoms with E-state index in [1.54, 1.807) is 30.2 Å². The number of hydrogen-bond acceptors (Lipinski definition) is 6. The first-order chi connectivity index (χ1) is 11.3. The number of hydrogen-bond donors (Lipinski definition) is 1. The van der Waals surface area contributed by atoms with E-state index in [4.69, 9.17) is 0 Å². The number of nitrogens with one attached hydrogen (secondary N) is 1. The van der Waals surface area contributed by atoms with E-state index in [1.165, 1.54) is 0 Å². The summed E-state index contributed by atoms with van der Waals surface area (Å²) in [4.78, 5) is 26.6. The van der Waals surface area contributed by atoms with Crippen molar-refractivity contribution in [1.82, 2.24) is 14.9 Å². The van der Waals surface area contributed by atoms with Crippen molar-refractivity contribution in [1.29, 1.82) is 0 Å². The van der Waals surface area contributed by atoms with Crippen LogP contribution in [0, 0.1) is 0 Å². The van der Waals surface area contributed by atoms with Crippen LogP contribution >= 0.6 is 11.8 Å². The molecular weight excluding hydrogens is 310 g/mol. The van der Waals surface area contributed by atoms with E-state index in [1.807, 2.05) is 24.3 Å². The van der Waals surface area contributed by atoms with Crippen molar-refractivity contribution in [3.05, 3.63) is 59.5 Å². The van der Waals surface area contributed by atoms with Gasteiger partial charge in [0.25, 0.3) is 5.91 Å². The van der Waals surface area contributed by atoms with E-state index in [2.05, 4.69) is 30.6 Å². The Morgan fingerprint density at radius 1 is 1.17 bits per heavy atom. The smallest absolute Gasteiger partial charge is 0.293 e. The second-order valence-corrected chi connectivity index (χ2v) is 5.88. The summed E-state index contributed by atoms with van der Waals surface area (Å²) in [6.45, 7) is 1.78. The van der Waals surface area contributed by atoms with Gasteiger partial charge in [0.05, 0.1) is 12.2 Å². The first-order valence-electron chi connectivity index (χ1n) is 7.19. The number of aliphatic imine (C=N–C) groups is 1. The van der Waals surface area contributed by atoms with Crippen LogP contribution in [0.15, 0.2) is 53.1 Å². The van der Waals surface area contributed by atoms with Gasteiger partial charge in [0.15, 0.2) is 5.17 Å². The van der Waals surface area contributed by atoms with Crippen LogP contribution in [0.3, 0.4) is 0 Å². The van der Waals surface area contributed by atoms with Gasteiger partial charge >= 0.3 is 0 Å². The minimum atomic E-state index is -0.317. The number of aromatic nitrogens is 2. The first kappa shape index (κ1) is 14.0. The highest BCUT2D eigenvalue weighted by Crippen LogP contribution is 2.35. The van der Waals surface area contributed by atoms with Crippen molar-refractivity contribution in [2.24, 2.45) is 4.99 Å². The van der Waals surface area contributed by atoms with E-state index in [9.17, 15) is 4.79 Å². The lowest BCUT2D eigenvalue weighted by Crippen LogP contribution is -2.19. The number of benzene rings is 1. The number of carbonyl (C=O) groups is 1. The summed E-state index contributed by atoms with van der Waals surface area (Å²) < 4.78 is 0. The molecule has 1 aromatic heterocycles. The number of amidine groups is 1. The van der Waals surface area contributed by atoms with Crippen LogP contribution in [0.1, 0.15) is 16.2 Å². The van der Waals surface area contributed by atoms with Gasteiger partial charge < -0.3 is 10.2 Å². The fraction of sp³-hybridized carbons (Fsp3) is 0.125. The van der Waals surface area contributed by atoms with Crippen molar-refractivity contribution < 1.29 is 4.79 Å². The van der Waals surface area contributed by atoms with E-state index >= 15 is 0 Å². The number of amides is 1. The zero-order valence-electron chi connectivity index (χ0n) is 12.1. The third-order valence-electron chi connectivity index (χ3n) is 3.58. The summed E-state index contributed by atoms with van der Waals surface area (Å²) >= 11 is 1.66. The van der Waals surface area contributed by atoms with Crippen molar-refractivity contribution in [2.75, 3.05) is 18.4 Å². The Hall–Kier alpha value is -2.67. The van der Waals surface area contributed by atoms with Crippen LogP contribution < -0.4 is 5.32 Å². The topological polar surface area (TPSA) is 70.5 Å². The molecule has 4 rings (SSSR count). The van der Waals surface area contributed by atoms with Gasteiger partial charge in [-0.15, -0.1) is 0 Å². The second kappa shape index (κ2) is 5.85. The molecule has 0 aliphatic carbocycles. The van der Waals surface area contributed by atoms with E-state index in [-0.39, 0.29) is 11.7 Å². The molecule has 0 fully saturated rings. The van der Waals surface area contributed by atoms with Crippen LogP contribution in [0.2, 0.25) is 0 Å². The van der Waals surface area contributed by atoms with Crippen molar-refractivity contribution >= 4 is 34.2 Å². The zero-order valence-corrected chi connectivity index (χ0v) is 13.0. The number of anilines is 1. The maximum atomic E-state index is 12.0. The van der Waals surface area contributed by atoms with E-state index < -0.39 is 0 Å². The molecule has 1 aromatic carbocycles. The van der Waals surface area contributed by atoms with Gasteiger partial charge in [-0.2, -0.15) is 0 Å². The highest BCUT2D eigenvalue weighted by molar-refractivity contribution is 8.16. The molecule has 2 aliphatic heterocycles. The molecule has 0 spiro atoms. The van der Waals surface area contributed by atoms with Gasteiger partial charge in [-0.25, -0.2) is 9.97 Å². The Bertz CT molecular complexity index is 801. The molecule has 23 heavy (non-hydrogen) atoms. The quantitative estimate of drug-likeness (QED) is 0.939. The summed E-state index contributed by atoms with van der Waals surface area (Å²) in [7, 11) is 0. The van der Waals surface area contributed by atoms with Gasteiger partial charge in [-0.1, -0.05) is 23.9 Å². The van der Waals surface area contributed by atoms with Crippen molar-refractivity contribution in [2.45, 2.75) is 0 Å². The van der Waals surface area contributed by atoms with Crippen LogP contribution in [-0.2, 0) is 0 Å². The number of thioether (sulfide) groups is 1. The molecule has 0 unspecified atom stereocenters. The summed E-state index contributed by atoms with van der Waals surface area (Å²) in [6.07, 6.45) is 3.09. The monoisotopic (exact) mass is 323 g/mol. The maximum Gasteiger partial charge on any atom is 0.293 e. The van der Waals surface area contributed by atoms with Gasteiger partial charge in [0.1, 0.15) is 0 Å². The standard InChI is InChI=1S/C16H13N5OS/c22-15(14-17-6-1-7-18-14)20-12-4-2-11(3-5-12)13-10-23-16-19-8-9-21(13)16/h1-7,10H,8-9H2,(H,20,22). The third-order valence-corrected chi connectivity index (χ3v) is 4.48.